The van der Waals surface area contributed by atoms with Crippen LogP contribution >= 0.6 is 23.6 Å². The van der Waals surface area contributed by atoms with E-state index in [9.17, 15) is 9.59 Å². The molecule has 0 aliphatic rings. The lowest BCUT2D eigenvalue weighted by Gasteiger charge is -2.10. The van der Waals surface area contributed by atoms with E-state index in [1.54, 1.807) is 30.3 Å². The Hall–Kier alpha value is -3.22. The number of hydrogen-bond acceptors (Lipinski definition) is 7. The van der Waals surface area contributed by atoms with Crippen LogP contribution in [-0.2, 0) is 4.79 Å². The van der Waals surface area contributed by atoms with Crippen molar-refractivity contribution < 1.29 is 19.4 Å². The van der Waals surface area contributed by atoms with E-state index in [-0.39, 0.29) is 6.42 Å². The first kappa shape index (κ1) is 20.5. The lowest BCUT2D eigenvalue weighted by Crippen LogP contribution is -2.10. The zero-order valence-corrected chi connectivity index (χ0v) is 16.9. The zero-order valence-electron chi connectivity index (χ0n) is 15.2. The molecule has 0 radical (unpaired) electrons. The van der Waals surface area contributed by atoms with E-state index >= 15 is 0 Å². The van der Waals surface area contributed by atoms with Crippen LogP contribution in [0.15, 0.2) is 36.4 Å². The van der Waals surface area contributed by atoms with Gasteiger partial charge in [0, 0.05) is 18.7 Å². The molecule has 0 unspecified atom stereocenters. The molecule has 1 heterocycles. The number of nitriles is 1. The molecule has 0 aliphatic carbocycles. The van der Waals surface area contributed by atoms with Gasteiger partial charge in [0.05, 0.1) is 27.4 Å². The van der Waals surface area contributed by atoms with Crippen LogP contribution < -0.4 is 10.1 Å². The largest absolute Gasteiger partial charge is 0.481 e. The number of carbonyl (C=O) groups excluding carboxylic acids is 1. The molecule has 2 aromatic carbocycles. The molecule has 0 atom stereocenters. The summed E-state index contributed by atoms with van der Waals surface area (Å²) in [5, 5.41) is 20.8. The van der Waals surface area contributed by atoms with E-state index in [1.165, 1.54) is 11.3 Å². The van der Waals surface area contributed by atoms with Gasteiger partial charge in [-0.1, -0.05) is 0 Å². The Morgan fingerprint density at radius 1 is 1.24 bits per heavy atom. The SMILES string of the molecule is N#Cc1ccc(OC(=O)c2cc(NCCCCC(=O)O)cc3sc(=S)[nH]c23)cc1. The van der Waals surface area contributed by atoms with Crippen LogP contribution in [0.3, 0.4) is 0 Å². The zero-order chi connectivity index (χ0) is 20.8. The number of carboxylic acids is 1. The first-order chi connectivity index (χ1) is 14.0. The summed E-state index contributed by atoms with van der Waals surface area (Å²) in [7, 11) is 0. The summed E-state index contributed by atoms with van der Waals surface area (Å²) >= 11 is 6.56. The molecule has 0 saturated heterocycles. The summed E-state index contributed by atoms with van der Waals surface area (Å²) in [5.41, 5.74) is 2.15. The molecular weight excluding hydrogens is 410 g/mol. The fourth-order valence-electron chi connectivity index (χ4n) is 2.71. The molecular formula is C20H17N3O4S2. The Morgan fingerprint density at radius 3 is 2.69 bits per heavy atom. The maximum absolute atomic E-state index is 12.8. The maximum Gasteiger partial charge on any atom is 0.345 e. The second kappa shape index (κ2) is 9.32. The minimum atomic E-state index is -0.814. The third-order valence-electron chi connectivity index (χ3n) is 4.09. The third kappa shape index (κ3) is 5.40. The smallest absolute Gasteiger partial charge is 0.345 e. The van der Waals surface area contributed by atoms with Gasteiger partial charge in [0.25, 0.3) is 0 Å². The highest BCUT2D eigenvalue weighted by Gasteiger charge is 2.16. The van der Waals surface area contributed by atoms with Gasteiger partial charge in [-0.2, -0.15) is 5.26 Å². The van der Waals surface area contributed by atoms with Gasteiger partial charge in [-0.25, -0.2) is 4.79 Å². The fourth-order valence-corrected chi connectivity index (χ4v) is 3.88. The first-order valence-corrected chi connectivity index (χ1v) is 10.0. The number of H-pyrrole nitrogens is 1. The summed E-state index contributed by atoms with van der Waals surface area (Å²) in [6.07, 6.45) is 1.39. The molecule has 3 aromatic rings. The highest BCUT2D eigenvalue weighted by Crippen LogP contribution is 2.28. The van der Waals surface area contributed by atoms with Gasteiger partial charge in [-0.3, -0.25) is 4.79 Å². The van der Waals surface area contributed by atoms with Gasteiger partial charge in [0.1, 0.15) is 5.75 Å². The van der Waals surface area contributed by atoms with Gasteiger partial charge in [0.15, 0.2) is 3.95 Å². The number of thiazole rings is 1. The highest BCUT2D eigenvalue weighted by molar-refractivity contribution is 7.73. The molecule has 0 spiro atoms. The van der Waals surface area contributed by atoms with Crippen LogP contribution in [0.25, 0.3) is 10.2 Å². The number of aliphatic carboxylic acids is 1. The first-order valence-electron chi connectivity index (χ1n) is 8.81. The molecule has 3 N–H and O–H groups in total. The molecule has 0 saturated carbocycles. The lowest BCUT2D eigenvalue weighted by atomic mass is 10.1. The van der Waals surface area contributed by atoms with Crippen molar-refractivity contribution in [3.8, 4) is 11.8 Å². The second-order valence-corrected chi connectivity index (χ2v) is 7.93. The normalized spacial score (nSPS) is 10.4. The van der Waals surface area contributed by atoms with E-state index in [2.05, 4.69) is 10.3 Å². The number of anilines is 1. The Bertz CT molecular complexity index is 1140. The summed E-state index contributed by atoms with van der Waals surface area (Å²) in [6, 6.07) is 11.9. The van der Waals surface area contributed by atoms with E-state index in [0.717, 1.165) is 10.4 Å². The Labute approximate surface area is 175 Å². The van der Waals surface area contributed by atoms with Crippen LogP contribution in [0.2, 0.25) is 0 Å². The van der Waals surface area contributed by atoms with Crippen molar-refractivity contribution in [2.24, 2.45) is 0 Å². The van der Waals surface area contributed by atoms with Crippen LogP contribution in [0.1, 0.15) is 35.2 Å². The Kier molecular flexibility index (Phi) is 6.59. The number of rotatable bonds is 8. The quantitative estimate of drug-likeness (QED) is 0.206. The summed E-state index contributed by atoms with van der Waals surface area (Å²) in [6.45, 7) is 0.582. The third-order valence-corrected chi connectivity index (χ3v) is 5.27. The number of ether oxygens (including phenoxy) is 1. The number of hydrogen-bond donors (Lipinski definition) is 3. The maximum atomic E-state index is 12.8. The minimum Gasteiger partial charge on any atom is -0.481 e. The van der Waals surface area contributed by atoms with Crippen molar-refractivity contribution in [2.45, 2.75) is 19.3 Å². The lowest BCUT2D eigenvalue weighted by molar-refractivity contribution is -0.137. The molecule has 0 bridgehead atoms. The van der Waals surface area contributed by atoms with E-state index in [1.807, 2.05) is 12.1 Å². The van der Waals surface area contributed by atoms with E-state index in [0.29, 0.717) is 45.7 Å². The Morgan fingerprint density at radius 2 is 2.00 bits per heavy atom. The van der Waals surface area contributed by atoms with Gasteiger partial charge in [0.2, 0.25) is 0 Å². The average molecular weight is 428 g/mol. The minimum absolute atomic E-state index is 0.127. The number of benzene rings is 2. The summed E-state index contributed by atoms with van der Waals surface area (Å²) < 4.78 is 6.82. The molecule has 148 valence electrons. The second-order valence-electron chi connectivity index (χ2n) is 6.21. The Balaban J connectivity index is 1.79. The molecule has 0 amide bonds. The number of esters is 1. The van der Waals surface area contributed by atoms with Crippen molar-refractivity contribution in [3.63, 3.8) is 0 Å². The van der Waals surface area contributed by atoms with Gasteiger partial charge in [-0.15, -0.1) is 11.3 Å². The molecule has 29 heavy (non-hydrogen) atoms. The average Bonchev–Trinajstić information content (AvgIpc) is 3.07. The summed E-state index contributed by atoms with van der Waals surface area (Å²) in [4.78, 5) is 26.4. The predicted molar refractivity (Wildman–Crippen MR) is 113 cm³/mol. The number of carboxylic acid groups (broad SMARTS) is 1. The number of nitrogens with zero attached hydrogens (tertiary/aromatic N) is 1. The van der Waals surface area contributed by atoms with E-state index in [4.69, 9.17) is 27.3 Å². The van der Waals surface area contributed by atoms with Crippen molar-refractivity contribution in [1.29, 1.82) is 5.26 Å². The fraction of sp³-hybridized carbons (Fsp3) is 0.200. The van der Waals surface area contributed by atoms with Crippen molar-refractivity contribution in [3.05, 3.63) is 51.5 Å². The van der Waals surface area contributed by atoms with Crippen molar-refractivity contribution in [2.75, 3.05) is 11.9 Å². The number of carbonyl (C=O) groups is 2. The predicted octanol–water partition coefficient (Wildman–Crippen LogP) is 4.72. The van der Waals surface area contributed by atoms with Crippen LogP contribution in [-0.4, -0.2) is 28.6 Å². The van der Waals surface area contributed by atoms with Gasteiger partial charge >= 0.3 is 11.9 Å². The van der Waals surface area contributed by atoms with Crippen molar-refractivity contribution >= 4 is 51.4 Å². The van der Waals surface area contributed by atoms with Crippen LogP contribution in [0.4, 0.5) is 5.69 Å². The standard InChI is InChI=1S/C20H17N3O4S2/c21-11-12-4-6-14(7-5-12)27-19(26)15-9-13(22-8-2-1-3-17(24)25)10-16-18(15)23-20(28)29-16/h4-7,9-10,22H,1-3,8H2,(H,23,28)(H,24,25). The van der Waals surface area contributed by atoms with Gasteiger partial charge < -0.3 is 20.1 Å². The van der Waals surface area contributed by atoms with Crippen molar-refractivity contribution in [1.82, 2.24) is 4.98 Å². The number of aromatic nitrogens is 1. The molecule has 3 rings (SSSR count). The van der Waals surface area contributed by atoms with Crippen LogP contribution in [0, 0.1) is 15.3 Å². The molecule has 1 aromatic heterocycles. The number of unbranched alkanes of at least 4 members (excludes halogenated alkanes) is 1. The molecule has 0 aliphatic heterocycles. The molecule has 0 fully saturated rings. The molecule has 9 heteroatoms. The molecule has 7 nitrogen and oxygen atoms in total. The summed E-state index contributed by atoms with van der Waals surface area (Å²) in [5.74, 6) is -1.02. The number of fused-ring (bicyclic) bond motifs is 1. The number of nitrogens with one attached hydrogen (secondary N) is 2. The number of aromatic amines is 1. The van der Waals surface area contributed by atoms with E-state index < -0.39 is 11.9 Å². The topological polar surface area (TPSA) is 115 Å². The van der Waals surface area contributed by atoms with Crippen LogP contribution in [0.5, 0.6) is 5.75 Å². The monoisotopic (exact) mass is 427 g/mol. The highest BCUT2D eigenvalue weighted by atomic mass is 32.1. The van der Waals surface area contributed by atoms with Gasteiger partial charge in [-0.05, 0) is 61.5 Å².